The second-order valence-corrected chi connectivity index (χ2v) is 5.94. The minimum absolute atomic E-state index is 0.0270. The summed E-state index contributed by atoms with van der Waals surface area (Å²) >= 11 is 1.57. The molecule has 2 N–H and O–H groups in total. The SMILES string of the molecule is CCCC(=O)Nc1ccc(C(=O)N/N=C(/C)c2cccs2)cc1. The molecule has 0 aliphatic carbocycles. The highest BCUT2D eigenvalue weighted by Crippen LogP contribution is 2.11. The zero-order valence-corrected chi connectivity index (χ0v) is 13.9. The maximum atomic E-state index is 12.1. The van der Waals surface area contributed by atoms with Crippen molar-refractivity contribution in [2.75, 3.05) is 5.32 Å². The Morgan fingerprint density at radius 1 is 1.17 bits per heavy atom. The predicted molar refractivity (Wildman–Crippen MR) is 94.0 cm³/mol. The molecule has 0 radical (unpaired) electrons. The van der Waals surface area contributed by atoms with Crippen LogP contribution in [0.5, 0.6) is 0 Å². The normalized spacial score (nSPS) is 11.1. The summed E-state index contributed by atoms with van der Waals surface area (Å²) in [6, 6.07) is 10.6. The fourth-order valence-electron chi connectivity index (χ4n) is 1.89. The van der Waals surface area contributed by atoms with Crippen molar-refractivity contribution >= 4 is 34.6 Å². The van der Waals surface area contributed by atoms with E-state index in [4.69, 9.17) is 0 Å². The number of hydrogen-bond donors (Lipinski definition) is 2. The molecule has 6 heteroatoms. The van der Waals surface area contributed by atoms with Crippen LogP contribution in [-0.2, 0) is 4.79 Å². The molecule has 23 heavy (non-hydrogen) atoms. The molecule has 0 bridgehead atoms. The lowest BCUT2D eigenvalue weighted by Gasteiger charge is -2.05. The molecule has 0 fully saturated rings. The minimum atomic E-state index is -0.285. The maximum absolute atomic E-state index is 12.1. The molecule has 2 aromatic rings. The Morgan fingerprint density at radius 3 is 2.52 bits per heavy atom. The van der Waals surface area contributed by atoms with Crippen LogP contribution in [0.4, 0.5) is 5.69 Å². The monoisotopic (exact) mass is 329 g/mol. The van der Waals surface area contributed by atoms with E-state index in [1.165, 1.54) is 0 Å². The van der Waals surface area contributed by atoms with E-state index in [1.54, 1.807) is 35.6 Å². The Labute approximate surface area is 139 Å². The quantitative estimate of drug-likeness (QED) is 0.627. The fourth-order valence-corrected chi connectivity index (χ4v) is 2.57. The summed E-state index contributed by atoms with van der Waals surface area (Å²) in [6.45, 7) is 3.80. The molecule has 0 atom stereocenters. The van der Waals surface area contributed by atoms with Gasteiger partial charge in [0.05, 0.1) is 5.71 Å². The van der Waals surface area contributed by atoms with Gasteiger partial charge in [-0.05, 0) is 49.1 Å². The summed E-state index contributed by atoms with van der Waals surface area (Å²) in [5.74, 6) is -0.312. The molecule has 0 spiro atoms. The molecular formula is C17H19N3O2S. The minimum Gasteiger partial charge on any atom is -0.326 e. The molecule has 1 heterocycles. The van der Waals surface area contributed by atoms with Crippen molar-refractivity contribution in [2.24, 2.45) is 5.10 Å². The lowest BCUT2D eigenvalue weighted by atomic mass is 10.2. The van der Waals surface area contributed by atoms with Crippen LogP contribution in [0.1, 0.15) is 41.9 Å². The summed E-state index contributed by atoms with van der Waals surface area (Å²) in [5, 5.41) is 8.84. The number of nitrogens with one attached hydrogen (secondary N) is 2. The van der Waals surface area contributed by atoms with Gasteiger partial charge in [0.25, 0.3) is 5.91 Å². The Bertz CT molecular complexity index is 691. The van der Waals surface area contributed by atoms with E-state index in [1.807, 2.05) is 31.4 Å². The van der Waals surface area contributed by atoms with E-state index in [0.29, 0.717) is 17.7 Å². The Hall–Kier alpha value is -2.47. The van der Waals surface area contributed by atoms with E-state index >= 15 is 0 Å². The van der Waals surface area contributed by atoms with Crippen LogP contribution in [-0.4, -0.2) is 17.5 Å². The molecule has 1 aromatic carbocycles. The molecule has 2 amide bonds. The number of benzene rings is 1. The summed E-state index contributed by atoms with van der Waals surface area (Å²) < 4.78 is 0. The van der Waals surface area contributed by atoms with Crippen LogP contribution < -0.4 is 10.7 Å². The molecule has 1 aromatic heterocycles. The zero-order valence-electron chi connectivity index (χ0n) is 13.1. The molecule has 0 aliphatic heterocycles. The first-order valence-electron chi connectivity index (χ1n) is 7.38. The number of anilines is 1. The number of carbonyl (C=O) groups excluding carboxylic acids is 2. The largest absolute Gasteiger partial charge is 0.326 e. The van der Waals surface area contributed by atoms with Crippen molar-refractivity contribution in [3.63, 3.8) is 0 Å². The molecule has 0 aliphatic rings. The van der Waals surface area contributed by atoms with Crippen LogP contribution in [0.3, 0.4) is 0 Å². The zero-order chi connectivity index (χ0) is 16.7. The van der Waals surface area contributed by atoms with Crippen molar-refractivity contribution in [3.05, 3.63) is 52.2 Å². The number of hydrazone groups is 1. The summed E-state index contributed by atoms with van der Waals surface area (Å²) in [4.78, 5) is 24.6. The molecule has 0 unspecified atom stereocenters. The molecule has 5 nitrogen and oxygen atoms in total. The van der Waals surface area contributed by atoms with Crippen molar-refractivity contribution in [1.82, 2.24) is 5.43 Å². The van der Waals surface area contributed by atoms with Crippen molar-refractivity contribution in [3.8, 4) is 0 Å². The maximum Gasteiger partial charge on any atom is 0.271 e. The molecule has 120 valence electrons. The third-order valence-electron chi connectivity index (χ3n) is 3.11. The first-order chi connectivity index (χ1) is 11.1. The van der Waals surface area contributed by atoms with Gasteiger partial charge >= 0.3 is 0 Å². The van der Waals surface area contributed by atoms with Gasteiger partial charge in [-0.3, -0.25) is 9.59 Å². The number of amides is 2. The second kappa shape index (κ2) is 8.24. The Morgan fingerprint density at radius 2 is 1.91 bits per heavy atom. The van der Waals surface area contributed by atoms with E-state index in [9.17, 15) is 9.59 Å². The van der Waals surface area contributed by atoms with Gasteiger partial charge in [-0.2, -0.15) is 5.10 Å². The lowest BCUT2D eigenvalue weighted by molar-refractivity contribution is -0.116. The highest BCUT2D eigenvalue weighted by atomic mass is 32.1. The van der Waals surface area contributed by atoms with Crippen LogP contribution in [0.25, 0.3) is 0 Å². The number of carbonyl (C=O) groups is 2. The van der Waals surface area contributed by atoms with Crippen LogP contribution in [0, 0.1) is 0 Å². The van der Waals surface area contributed by atoms with Crippen molar-refractivity contribution < 1.29 is 9.59 Å². The van der Waals surface area contributed by atoms with Gasteiger partial charge < -0.3 is 5.32 Å². The van der Waals surface area contributed by atoms with E-state index < -0.39 is 0 Å². The summed E-state index contributed by atoms with van der Waals surface area (Å²) in [7, 11) is 0. The van der Waals surface area contributed by atoms with Gasteiger partial charge in [0.1, 0.15) is 0 Å². The van der Waals surface area contributed by atoms with Gasteiger partial charge in [0, 0.05) is 22.5 Å². The van der Waals surface area contributed by atoms with E-state index in [2.05, 4.69) is 15.8 Å². The lowest BCUT2D eigenvalue weighted by Crippen LogP contribution is -2.19. The predicted octanol–water partition coefficient (Wildman–Crippen LogP) is 3.64. The number of rotatable bonds is 6. The first-order valence-corrected chi connectivity index (χ1v) is 8.26. The topological polar surface area (TPSA) is 70.6 Å². The first kappa shape index (κ1) is 16.9. The molecule has 2 rings (SSSR count). The van der Waals surface area contributed by atoms with Crippen LogP contribution >= 0.6 is 11.3 Å². The van der Waals surface area contributed by atoms with Crippen molar-refractivity contribution in [2.45, 2.75) is 26.7 Å². The Kier molecular flexibility index (Phi) is 6.05. The van der Waals surface area contributed by atoms with Gasteiger partial charge in [-0.1, -0.05) is 13.0 Å². The highest BCUT2D eigenvalue weighted by Gasteiger charge is 2.06. The third kappa shape index (κ3) is 5.03. The van der Waals surface area contributed by atoms with Gasteiger partial charge in [-0.15, -0.1) is 11.3 Å². The van der Waals surface area contributed by atoms with E-state index in [0.717, 1.165) is 17.0 Å². The van der Waals surface area contributed by atoms with Gasteiger partial charge in [0.2, 0.25) is 5.91 Å². The summed E-state index contributed by atoms with van der Waals surface area (Å²) in [6.07, 6.45) is 1.28. The Balaban J connectivity index is 1.95. The third-order valence-corrected chi connectivity index (χ3v) is 4.09. The van der Waals surface area contributed by atoms with Gasteiger partial charge in [-0.25, -0.2) is 5.43 Å². The molecule has 0 saturated carbocycles. The molecular weight excluding hydrogens is 310 g/mol. The summed E-state index contributed by atoms with van der Waals surface area (Å²) in [5.41, 5.74) is 4.46. The van der Waals surface area contributed by atoms with Crippen molar-refractivity contribution in [1.29, 1.82) is 0 Å². The van der Waals surface area contributed by atoms with Gasteiger partial charge in [0.15, 0.2) is 0 Å². The standard InChI is InChI=1S/C17H19N3O2S/c1-3-5-16(21)18-14-9-7-13(8-10-14)17(22)20-19-12(2)15-6-4-11-23-15/h4,6-11H,3,5H2,1-2H3,(H,18,21)(H,20,22)/b19-12-. The fraction of sp³-hybridized carbons (Fsp3) is 0.235. The number of hydrogen-bond acceptors (Lipinski definition) is 4. The second-order valence-electron chi connectivity index (χ2n) is 4.99. The highest BCUT2D eigenvalue weighted by molar-refractivity contribution is 7.12. The average Bonchev–Trinajstić information content (AvgIpc) is 3.07. The number of nitrogens with zero attached hydrogens (tertiary/aromatic N) is 1. The smallest absolute Gasteiger partial charge is 0.271 e. The van der Waals surface area contributed by atoms with Crippen LogP contribution in [0.15, 0.2) is 46.9 Å². The van der Waals surface area contributed by atoms with E-state index in [-0.39, 0.29) is 11.8 Å². The van der Waals surface area contributed by atoms with Crippen LogP contribution in [0.2, 0.25) is 0 Å². The number of thiophene rings is 1. The average molecular weight is 329 g/mol. The molecule has 0 saturated heterocycles.